The second kappa shape index (κ2) is 8.11. The molecule has 0 fully saturated rings. The monoisotopic (exact) mass is 251 g/mol. The predicted molar refractivity (Wildman–Crippen MR) is 75.1 cm³/mol. The highest BCUT2D eigenvalue weighted by atomic mass is 16.5. The molecular formula is C15H25NO2. The van der Waals surface area contributed by atoms with Gasteiger partial charge in [-0.2, -0.15) is 0 Å². The molecule has 0 amide bonds. The van der Waals surface area contributed by atoms with Gasteiger partial charge in [-0.05, 0) is 44.9 Å². The molecule has 18 heavy (non-hydrogen) atoms. The summed E-state index contributed by atoms with van der Waals surface area (Å²) in [6.07, 6.45) is 1.03. The third-order valence-corrected chi connectivity index (χ3v) is 2.98. The molecule has 0 saturated heterocycles. The van der Waals surface area contributed by atoms with E-state index in [0.717, 1.165) is 18.8 Å². The van der Waals surface area contributed by atoms with E-state index in [1.807, 2.05) is 19.1 Å². The molecule has 3 nitrogen and oxygen atoms in total. The third kappa shape index (κ3) is 5.07. The van der Waals surface area contributed by atoms with Crippen LogP contribution in [0.2, 0.25) is 0 Å². The normalized spacial score (nSPS) is 14.2. The van der Waals surface area contributed by atoms with Crippen LogP contribution >= 0.6 is 0 Å². The van der Waals surface area contributed by atoms with E-state index in [1.165, 1.54) is 5.56 Å². The maximum absolute atomic E-state index is 5.44. The lowest BCUT2D eigenvalue weighted by atomic mass is 10.1. The van der Waals surface area contributed by atoms with E-state index in [1.54, 1.807) is 7.11 Å². The first kappa shape index (κ1) is 15.0. The summed E-state index contributed by atoms with van der Waals surface area (Å²) in [5, 5.41) is 3.56. The fraction of sp³-hybridized carbons (Fsp3) is 0.600. The molecule has 102 valence electrons. The average Bonchev–Trinajstić information content (AvgIpc) is 2.37. The van der Waals surface area contributed by atoms with Crippen LogP contribution in [0.15, 0.2) is 24.3 Å². The van der Waals surface area contributed by atoms with Crippen LogP contribution in [0.25, 0.3) is 0 Å². The van der Waals surface area contributed by atoms with Gasteiger partial charge in [0.1, 0.15) is 5.75 Å². The summed E-state index contributed by atoms with van der Waals surface area (Å²) in [6.45, 7) is 7.87. The summed E-state index contributed by atoms with van der Waals surface area (Å²) in [6, 6.07) is 9.07. The van der Waals surface area contributed by atoms with E-state index in [4.69, 9.17) is 9.47 Å². The molecule has 3 heteroatoms. The first-order chi connectivity index (χ1) is 8.67. The maximum atomic E-state index is 5.44. The predicted octanol–water partition coefficient (Wildman–Crippen LogP) is 3.16. The van der Waals surface area contributed by atoms with Crippen molar-refractivity contribution in [1.82, 2.24) is 5.32 Å². The van der Waals surface area contributed by atoms with Gasteiger partial charge in [0.05, 0.1) is 6.61 Å². The quantitative estimate of drug-likeness (QED) is 0.770. The van der Waals surface area contributed by atoms with Gasteiger partial charge in [0.25, 0.3) is 0 Å². The second-order valence-corrected chi connectivity index (χ2v) is 4.57. The zero-order valence-electron chi connectivity index (χ0n) is 11.9. The molecular weight excluding hydrogens is 226 g/mol. The van der Waals surface area contributed by atoms with Crippen LogP contribution in [0.3, 0.4) is 0 Å². The fourth-order valence-corrected chi connectivity index (χ4v) is 1.92. The van der Waals surface area contributed by atoms with Crippen molar-refractivity contribution in [3.63, 3.8) is 0 Å². The summed E-state index contributed by atoms with van der Waals surface area (Å²) >= 11 is 0. The summed E-state index contributed by atoms with van der Waals surface area (Å²) in [7, 11) is 1.74. The summed E-state index contributed by atoms with van der Waals surface area (Å²) in [5.41, 5.74) is 1.28. The number of benzene rings is 1. The van der Waals surface area contributed by atoms with Crippen molar-refractivity contribution in [1.29, 1.82) is 0 Å². The third-order valence-electron chi connectivity index (χ3n) is 2.98. The van der Waals surface area contributed by atoms with Gasteiger partial charge >= 0.3 is 0 Å². The lowest BCUT2D eigenvalue weighted by molar-refractivity contribution is 0.183. The fourth-order valence-electron chi connectivity index (χ4n) is 1.92. The number of rotatable bonds is 8. The molecule has 0 aliphatic heterocycles. The Balaban J connectivity index is 2.47. The lowest BCUT2D eigenvalue weighted by Crippen LogP contribution is -2.29. The van der Waals surface area contributed by atoms with Crippen molar-refractivity contribution >= 4 is 0 Å². The van der Waals surface area contributed by atoms with E-state index in [2.05, 4.69) is 31.3 Å². The Morgan fingerprint density at radius 2 is 1.83 bits per heavy atom. The van der Waals surface area contributed by atoms with E-state index >= 15 is 0 Å². The zero-order valence-corrected chi connectivity index (χ0v) is 11.9. The summed E-state index contributed by atoms with van der Waals surface area (Å²) < 4.78 is 10.5. The molecule has 0 aliphatic rings. The first-order valence-corrected chi connectivity index (χ1v) is 6.65. The minimum absolute atomic E-state index is 0.340. The minimum Gasteiger partial charge on any atom is -0.494 e. The van der Waals surface area contributed by atoms with Gasteiger partial charge in [-0.3, -0.25) is 0 Å². The van der Waals surface area contributed by atoms with Gasteiger partial charge in [-0.15, -0.1) is 0 Å². The SMILES string of the molecule is CCOc1ccc(C(C)NC(C)CCOC)cc1. The van der Waals surface area contributed by atoms with Crippen molar-refractivity contribution in [2.45, 2.75) is 39.3 Å². The van der Waals surface area contributed by atoms with Crippen LogP contribution in [0.4, 0.5) is 0 Å². The molecule has 0 spiro atoms. The number of hydrogen-bond acceptors (Lipinski definition) is 3. The highest BCUT2D eigenvalue weighted by Crippen LogP contribution is 2.18. The molecule has 1 aromatic rings. The topological polar surface area (TPSA) is 30.5 Å². The lowest BCUT2D eigenvalue weighted by Gasteiger charge is -2.20. The minimum atomic E-state index is 0.340. The van der Waals surface area contributed by atoms with Crippen LogP contribution in [0.5, 0.6) is 5.75 Å². The van der Waals surface area contributed by atoms with Gasteiger partial charge in [-0.1, -0.05) is 12.1 Å². The van der Waals surface area contributed by atoms with Gasteiger partial charge in [0.2, 0.25) is 0 Å². The first-order valence-electron chi connectivity index (χ1n) is 6.65. The van der Waals surface area contributed by atoms with Crippen molar-refractivity contribution in [2.75, 3.05) is 20.3 Å². The zero-order chi connectivity index (χ0) is 13.4. The number of methoxy groups -OCH3 is 1. The van der Waals surface area contributed by atoms with Crippen molar-refractivity contribution in [3.05, 3.63) is 29.8 Å². The van der Waals surface area contributed by atoms with Crippen molar-refractivity contribution < 1.29 is 9.47 Å². The Morgan fingerprint density at radius 3 is 2.39 bits per heavy atom. The molecule has 2 unspecified atom stereocenters. The largest absolute Gasteiger partial charge is 0.494 e. The molecule has 0 bridgehead atoms. The molecule has 1 aromatic carbocycles. The molecule has 0 heterocycles. The number of nitrogens with one attached hydrogen (secondary N) is 1. The van der Waals surface area contributed by atoms with Crippen molar-refractivity contribution in [3.8, 4) is 5.75 Å². The highest BCUT2D eigenvalue weighted by Gasteiger charge is 2.09. The van der Waals surface area contributed by atoms with Crippen molar-refractivity contribution in [2.24, 2.45) is 0 Å². The molecule has 0 radical (unpaired) electrons. The second-order valence-electron chi connectivity index (χ2n) is 4.57. The van der Waals surface area contributed by atoms with E-state index in [-0.39, 0.29) is 0 Å². The van der Waals surface area contributed by atoms with Crippen LogP contribution in [-0.4, -0.2) is 26.4 Å². The maximum Gasteiger partial charge on any atom is 0.119 e. The Hall–Kier alpha value is -1.06. The molecule has 0 aliphatic carbocycles. The smallest absolute Gasteiger partial charge is 0.119 e. The number of ether oxygens (including phenoxy) is 2. The van der Waals surface area contributed by atoms with E-state index in [9.17, 15) is 0 Å². The number of hydrogen-bond donors (Lipinski definition) is 1. The Bertz CT molecular complexity index is 324. The highest BCUT2D eigenvalue weighted by molar-refractivity contribution is 5.28. The van der Waals surface area contributed by atoms with Gasteiger partial charge in [-0.25, -0.2) is 0 Å². The molecule has 2 atom stereocenters. The van der Waals surface area contributed by atoms with Crippen LogP contribution in [-0.2, 0) is 4.74 Å². The van der Waals surface area contributed by atoms with Gasteiger partial charge in [0.15, 0.2) is 0 Å². The summed E-state index contributed by atoms with van der Waals surface area (Å²) in [5.74, 6) is 0.931. The molecule has 0 aromatic heterocycles. The average molecular weight is 251 g/mol. The van der Waals surface area contributed by atoms with Crippen LogP contribution < -0.4 is 10.1 Å². The van der Waals surface area contributed by atoms with E-state index < -0.39 is 0 Å². The van der Waals surface area contributed by atoms with Crippen LogP contribution in [0, 0.1) is 0 Å². The standard InChI is InChI=1S/C15H25NO2/c1-5-18-15-8-6-14(7-9-15)13(3)16-12(2)10-11-17-4/h6-9,12-13,16H,5,10-11H2,1-4H3. The molecule has 0 saturated carbocycles. The van der Waals surface area contributed by atoms with E-state index in [0.29, 0.717) is 18.7 Å². The Kier molecular flexibility index (Phi) is 6.76. The molecule has 1 N–H and O–H groups in total. The van der Waals surface area contributed by atoms with Crippen LogP contribution in [0.1, 0.15) is 38.8 Å². The van der Waals surface area contributed by atoms with Gasteiger partial charge < -0.3 is 14.8 Å². The molecule has 1 rings (SSSR count). The Morgan fingerprint density at radius 1 is 1.17 bits per heavy atom. The van der Waals surface area contributed by atoms with Gasteiger partial charge in [0, 0.05) is 25.8 Å². The summed E-state index contributed by atoms with van der Waals surface area (Å²) in [4.78, 5) is 0. The Labute approximate surface area is 110 Å².